The fraction of sp³-hybridized carbons (Fsp3) is 0.571. The van der Waals surface area contributed by atoms with Crippen molar-refractivity contribution in [1.29, 1.82) is 0 Å². The van der Waals surface area contributed by atoms with Gasteiger partial charge in [0.25, 0.3) is 0 Å². The van der Waals surface area contributed by atoms with Crippen molar-refractivity contribution in [3.63, 3.8) is 0 Å². The van der Waals surface area contributed by atoms with Crippen molar-refractivity contribution in [3.05, 3.63) is 27.7 Å². The summed E-state index contributed by atoms with van der Waals surface area (Å²) in [6.07, 6.45) is 1.60. The Hall–Kier alpha value is -0.480. The summed E-state index contributed by atoms with van der Waals surface area (Å²) in [5.74, 6) is 0.554. The van der Waals surface area contributed by atoms with Gasteiger partial charge in [0.2, 0.25) is 0 Å². The number of ether oxygens (including phenoxy) is 1. The van der Waals surface area contributed by atoms with Gasteiger partial charge in [-0.1, -0.05) is 36.5 Å². The van der Waals surface area contributed by atoms with E-state index in [-0.39, 0.29) is 6.04 Å². The second-order valence-electron chi connectivity index (χ2n) is 4.96. The van der Waals surface area contributed by atoms with Gasteiger partial charge in [0.05, 0.1) is 11.1 Å². The molecule has 0 aliphatic carbocycles. The van der Waals surface area contributed by atoms with Gasteiger partial charge in [-0.2, -0.15) is 0 Å². The molecule has 0 bridgehead atoms. The molecule has 5 heteroatoms. The minimum atomic E-state index is -0.623. The molecule has 3 nitrogen and oxygen atoms in total. The number of hydrogen-bond donors (Lipinski definition) is 1. The molecule has 2 unspecified atom stereocenters. The van der Waals surface area contributed by atoms with Crippen molar-refractivity contribution in [3.8, 4) is 5.75 Å². The molecule has 0 amide bonds. The van der Waals surface area contributed by atoms with E-state index < -0.39 is 6.10 Å². The van der Waals surface area contributed by atoms with Crippen LogP contribution in [-0.2, 0) is 0 Å². The first-order valence-corrected chi connectivity index (χ1v) is 7.30. The quantitative estimate of drug-likeness (QED) is 0.924. The molecule has 0 fully saturated rings. The molecule has 19 heavy (non-hydrogen) atoms. The van der Waals surface area contributed by atoms with E-state index in [1.54, 1.807) is 12.1 Å². The molecule has 0 saturated heterocycles. The maximum Gasteiger partial charge on any atom is 0.143 e. The van der Waals surface area contributed by atoms with E-state index in [9.17, 15) is 5.11 Å². The van der Waals surface area contributed by atoms with Gasteiger partial charge in [-0.3, -0.25) is 4.90 Å². The number of benzene rings is 1. The first kappa shape index (κ1) is 14.9. The van der Waals surface area contributed by atoms with Crippen molar-refractivity contribution < 1.29 is 9.84 Å². The number of aliphatic hydroxyl groups excluding tert-OH is 1. The SMILES string of the molecule is CCCCN(C)C1COc2c(Cl)cc(Cl)cc2C1O. The number of fused-ring (bicyclic) bond motifs is 1. The number of rotatable bonds is 4. The molecule has 0 radical (unpaired) electrons. The molecule has 0 aromatic heterocycles. The summed E-state index contributed by atoms with van der Waals surface area (Å²) in [5.41, 5.74) is 0.678. The van der Waals surface area contributed by atoms with Gasteiger partial charge in [0.1, 0.15) is 18.5 Å². The molecule has 1 aliphatic rings. The molecule has 0 spiro atoms. The number of likely N-dealkylation sites (N-methyl/N-ethyl adjacent to an activating group) is 1. The van der Waals surface area contributed by atoms with Crippen LogP contribution < -0.4 is 4.74 Å². The number of unbranched alkanes of at least 4 members (excludes halogenated alkanes) is 1. The molecule has 106 valence electrons. The highest BCUT2D eigenvalue weighted by Crippen LogP contribution is 2.40. The minimum absolute atomic E-state index is 0.0615. The monoisotopic (exact) mass is 303 g/mol. The predicted octanol–water partition coefficient (Wildman–Crippen LogP) is 3.52. The number of aliphatic hydroxyl groups is 1. The molecule has 1 aromatic rings. The van der Waals surface area contributed by atoms with Crippen LogP contribution in [0.3, 0.4) is 0 Å². The Labute approximate surface area is 124 Å². The smallest absolute Gasteiger partial charge is 0.143 e. The largest absolute Gasteiger partial charge is 0.490 e. The van der Waals surface area contributed by atoms with Gasteiger partial charge in [-0.25, -0.2) is 0 Å². The molecular formula is C14H19Cl2NO2. The number of hydrogen-bond acceptors (Lipinski definition) is 3. The third-order valence-electron chi connectivity index (χ3n) is 3.55. The van der Waals surface area contributed by atoms with E-state index in [1.165, 1.54) is 0 Å². The fourth-order valence-corrected chi connectivity index (χ4v) is 2.92. The zero-order chi connectivity index (χ0) is 14.0. The van der Waals surface area contributed by atoms with Crippen molar-refractivity contribution >= 4 is 23.2 Å². The lowest BCUT2D eigenvalue weighted by Gasteiger charge is -2.36. The summed E-state index contributed by atoms with van der Waals surface area (Å²) in [5, 5.41) is 11.5. The lowest BCUT2D eigenvalue weighted by molar-refractivity contribution is 0.0147. The highest BCUT2D eigenvalue weighted by molar-refractivity contribution is 6.35. The van der Waals surface area contributed by atoms with E-state index in [1.807, 2.05) is 7.05 Å². The van der Waals surface area contributed by atoms with Crippen LogP contribution >= 0.6 is 23.2 Å². The third-order valence-corrected chi connectivity index (χ3v) is 4.05. The maximum atomic E-state index is 10.5. The van der Waals surface area contributed by atoms with Crippen molar-refractivity contribution in [2.75, 3.05) is 20.2 Å². The lowest BCUT2D eigenvalue weighted by Crippen LogP contribution is -2.44. The van der Waals surface area contributed by atoms with E-state index in [2.05, 4.69) is 11.8 Å². The topological polar surface area (TPSA) is 32.7 Å². The summed E-state index contributed by atoms with van der Waals surface area (Å²) in [6, 6.07) is 3.30. The van der Waals surface area contributed by atoms with Crippen LogP contribution in [0.25, 0.3) is 0 Å². The van der Waals surface area contributed by atoms with E-state index >= 15 is 0 Å². The Morgan fingerprint density at radius 1 is 1.42 bits per heavy atom. The summed E-state index contributed by atoms with van der Waals surface area (Å²) in [4.78, 5) is 2.13. The van der Waals surface area contributed by atoms with Crippen LogP contribution in [0.5, 0.6) is 5.75 Å². The second kappa shape index (κ2) is 6.31. The van der Waals surface area contributed by atoms with Crippen LogP contribution in [0.4, 0.5) is 0 Å². The Kier molecular flexibility index (Phi) is 4.96. The lowest BCUT2D eigenvalue weighted by atomic mass is 9.98. The molecular weight excluding hydrogens is 285 g/mol. The third kappa shape index (κ3) is 3.16. The van der Waals surface area contributed by atoms with E-state index in [0.717, 1.165) is 19.4 Å². The molecule has 1 aliphatic heterocycles. The molecule has 1 aromatic carbocycles. The average molecular weight is 304 g/mol. The highest BCUT2D eigenvalue weighted by atomic mass is 35.5. The number of nitrogens with zero attached hydrogens (tertiary/aromatic N) is 1. The first-order valence-electron chi connectivity index (χ1n) is 6.54. The average Bonchev–Trinajstić information content (AvgIpc) is 2.37. The molecule has 0 saturated carbocycles. The molecule has 1 heterocycles. The minimum Gasteiger partial charge on any atom is -0.490 e. The van der Waals surface area contributed by atoms with Gasteiger partial charge < -0.3 is 9.84 Å². The second-order valence-corrected chi connectivity index (χ2v) is 5.81. The van der Waals surface area contributed by atoms with E-state index in [0.29, 0.717) is 28.0 Å². The molecule has 2 atom stereocenters. The van der Waals surface area contributed by atoms with Gasteiger partial charge in [0, 0.05) is 10.6 Å². The normalized spacial score (nSPS) is 22.2. The van der Waals surface area contributed by atoms with Crippen LogP contribution in [0.1, 0.15) is 31.4 Å². The number of halogens is 2. The zero-order valence-electron chi connectivity index (χ0n) is 11.2. The fourth-order valence-electron chi connectivity index (χ4n) is 2.36. The summed E-state index contributed by atoms with van der Waals surface area (Å²) < 4.78 is 5.70. The van der Waals surface area contributed by atoms with Crippen molar-refractivity contribution in [1.82, 2.24) is 4.90 Å². The molecule has 1 N–H and O–H groups in total. The first-order chi connectivity index (χ1) is 9.04. The Balaban J connectivity index is 2.21. The summed E-state index contributed by atoms with van der Waals surface area (Å²) >= 11 is 12.1. The Morgan fingerprint density at radius 3 is 2.84 bits per heavy atom. The van der Waals surface area contributed by atoms with E-state index in [4.69, 9.17) is 27.9 Å². The van der Waals surface area contributed by atoms with Crippen molar-refractivity contribution in [2.24, 2.45) is 0 Å². The van der Waals surface area contributed by atoms with Gasteiger partial charge >= 0.3 is 0 Å². The summed E-state index contributed by atoms with van der Waals surface area (Å²) in [6.45, 7) is 3.53. The Bertz CT molecular complexity index is 453. The van der Waals surface area contributed by atoms with Gasteiger partial charge in [-0.15, -0.1) is 0 Å². The molecule has 2 rings (SSSR count). The zero-order valence-corrected chi connectivity index (χ0v) is 12.7. The van der Waals surface area contributed by atoms with Crippen LogP contribution in [0.2, 0.25) is 10.0 Å². The maximum absolute atomic E-state index is 10.5. The standard InChI is InChI=1S/C14H19Cl2NO2/c1-3-4-5-17(2)12-8-19-14-10(13(12)18)6-9(15)7-11(14)16/h6-7,12-13,18H,3-5,8H2,1-2H3. The van der Waals surface area contributed by atoms with Gasteiger partial charge in [0.15, 0.2) is 0 Å². The summed E-state index contributed by atoms with van der Waals surface area (Å²) in [7, 11) is 2.00. The van der Waals surface area contributed by atoms with Crippen molar-refractivity contribution in [2.45, 2.75) is 31.9 Å². The predicted molar refractivity (Wildman–Crippen MR) is 78.2 cm³/mol. The Morgan fingerprint density at radius 2 is 2.16 bits per heavy atom. The van der Waals surface area contributed by atoms with Crippen LogP contribution in [0.15, 0.2) is 12.1 Å². The highest BCUT2D eigenvalue weighted by Gasteiger charge is 2.33. The van der Waals surface area contributed by atoms with Crippen LogP contribution in [0, 0.1) is 0 Å². The van der Waals surface area contributed by atoms with Crippen LogP contribution in [-0.4, -0.2) is 36.2 Å². The van der Waals surface area contributed by atoms with Gasteiger partial charge in [-0.05, 0) is 32.1 Å².